The summed E-state index contributed by atoms with van der Waals surface area (Å²) in [6, 6.07) is 9.48. The largest absolute Gasteiger partial charge is 0.391 e. The van der Waals surface area contributed by atoms with Crippen LogP contribution in [0, 0.1) is 0 Å². The number of hydrogen-bond donors (Lipinski definition) is 1. The number of Topliss-reactive ketones (excluding diaryl/α,β-unsaturated/α-hetero) is 1. The van der Waals surface area contributed by atoms with Crippen LogP contribution in [0.2, 0.25) is 0 Å². The Labute approximate surface area is 123 Å². The number of aromatic nitrogens is 1. The number of carbonyl (C=O) groups is 1. The van der Waals surface area contributed by atoms with Crippen LogP contribution in [0.3, 0.4) is 0 Å². The van der Waals surface area contributed by atoms with Crippen LogP contribution >= 0.6 is 0 Å². The molecule has 2 aromatic rings. The molecule has 3 rings (SSSR count). The van der Waals surface area contributed by atoms with Crippen LogP contribution in [0.25, 0.3) is 11.3 Å². The topological polar surface area (TPSA) is 66.6 Å². The van der Waals surface area contributed by atoms with Gasteiger partial charge in [0, 0.05) is 18.7 Å². The number of piperidine rings is 1. The molecule has 0 bridgehead atoms. The first kappa shape index (κ1) is 13.8. The maximum atomic E-state index is 12.1. The predicted octanol–water partition coefficient (Wildman–Crippen LogP) is 2.51. The van der Waals surface area contributed by atoms with E-state index >= 15 is 0 Å². The third kappa shape index (κ3) is 2.69. The summed E-state index contributed by atoms with van der Waals surface area (Å²) in [6.07, 6.45) is 1.29. The molecule has 1 aromatic carbocycles. The van der Waals surface area contributed by atoms with Gasteiger partial charge in [0.2, 0.25) is 0 Å². The van der Waals surface area contributed by atoms with Gasteiger partial charge in [-0.15, -0.1) is 0 Å². The number of ketones is 1. The fraction of sp³-hybridized carbons (Fsp3) is 0.375. The molecule has 5 nitrogen and oxygen atoms in total. The van der Waals surface area contributed by atoms with Gasteiger partial charge in [-0.1, -0.05) is 35.5 Å². The Morgan fingerprint density at radius 1 is 1.38 bits per heavy atom. The van der Waals surface area contributed by atoms with E-state index in [-0.39, 0.29) is 11.9 Å². The van der Waals surface area contributed by atoms with Crippen LogP contribution in [0.15, 0.2) is 34.9 Å². The van der Waals surface area contributed by atoms with Crippen LogP contribution in [0.5, 0.6) is 0 Å². The van der Waals surface area contributed by atoms with Crippen molar-refractivity contribution in [1.82, 2.24) is 5.16 Å². The number of carbonyl (C=O) groups excluding carboxylic acids is 1. The van der Waals surface area contributed by atoms with Gasteiger partial charge in [-0.05, 0) is 19.8 Å². The number of rotatable bonds is 3. The van der Waals surface area contributed by atoms with E-state index in [0.29, 0.717) is 23.7 Å². The van der Waals surface area contributed by atoms with E-state index in [9.17, 15) is 9.90 Å². The van der Waals surface area contributed by atoms with Gasteiger partial charge < -0.3 is 14.5 Å². The third-order valence-corrected chi connectivity index (χ3v) is 3.76. The fourth-order valence-corrected chi connectivity index (χ4v) is 2.75. The predicted molar refractivity (Wildman–Crippen MR) is 79.4 cm³/mol. The van der Waals surface area contributed by atoms with E-state index in [1.165, 1.54) is 6.92 Å². The Balaban J connectivity index is 2.02. The van der Waals surface area contributed by atoms with Crippen molar-refractivity contribution in [2.75, 3.05) is 18.0 Å². The molecule has 21 heavy (non-hydrogen) atoms. The van der Waals surface area contributed by atoms with Crippen molar-refractivity contribution >= 4 is 11.6 Å². The zero-order valence-electron chi connectivity index (χ0n) is 12.0. The first-order valence-electron chi connectivity index (χ1n) is 7.16. The summed E-state index contributed by atoms with van der Waals surface area (Å²) >= 11 is 0. The molecular weight excluding hydrogens is 268 g/mol. The van der Waals surface area contributed by atoms with Crippen molar-refractivity contribution in [2.45, 2.75) is 25.9 Å². The van der Waals surface area contributed by atoms with E-state index < -0.39 is 0 Å². The van der Waals surface area contributed by atoms with Gasteiger partial charge in [-0.2, -0.15) is 0 Å². The highest BCUT2D eigenvalue weighted by Crippen LogP contribution is 2.32. The average Bonchev–Trinajstić information content (AvgIpc) is 2.93. The van der Waals surface area contributed by atoms with Crippen molar-refractivity contribution in [3.05, 3.63) is 35.9 Å². The molecule has 1 aliphatic heterocycles. The van der Waals surface area contributed by atoms with E-state index in [4.69, 9.17) is 4.52 Å². The second kappa shape index (κ2) is 5.69. The first-order valence-corrected chi connectivity index (χ1v) is 7.16. The minimum absolute atomic E-state index is 0.0785. The normalized spacial score (nSPS) is 18.8. The molecule has 1 fully saturated rings. The Bertz CT molecular complexity index is 636. The molecular formula is C16H18N2O3. The lowest BCUT2D eigenvalue weighted by atomic mass is 10.0. The fourth-order valence-electron chi connectivity index (χ4n) is 2.75. The van der Waals surface area contributed by atoms with Crippen molar-refractivity contribution in [3.63, 3.8) is 0 Å². The summed E-state index contributed by atoms with van der Waals surface area (Å²) in [4.78, 5) is 14.0. The number of anilines is 1. The molecule has 0 saturated carbocycles. The number of β-amino-alcohol motifs (C(OH)–C–C–N with tert-alkyl or cyclic N) is 1. The van der Waals surface area contributed by atoms with Crippen LogP contribution in [-0.2, 0) is 0 Å². The summed E-state index contributed by atoms with van der Waals surface area (Å²) in [5.41, 5.74) is 1.33. The Kier molecular flexibility index (Phi) is 3.75. The van der Waals surface area contributed by atoms with Gasteiger partial charge in [0.25, 0.3) is 0 Å². The molecule has 1 aromatic heterocycles. The molecule has 110 valence electrons. The second-order valence-corrected chi connectivity index (χ2v) is 5.37. The maximum Gasteiger partial charge on any atom is 0.183 e. The average molecular weight is 286 g/mol. The van der Waals surface area contributed by atoms with Gasteiger partial charge >= 0.3 is 0 Å². The number of hydrogen-bond acceptors (Lipinski definition) is 5. The molecule has 1 N–H and O–H groups in total. The minimum atomic E-state index is -0.379. The molecule has 0 aliphatic carbocycles. The molecule has 2 heterocycles. The lowest BCUT2D eigenvalue weighted by Gasteiger charge is -2.30. The van der Waals surface area contributed by atoms with Crippen molar-refractivity contribution in [3.8, 4) is 11.3 Å². The Hall–Kier alpha value is -2.14. The number of nitrogens with zero attached hydrogens (tertiary/aromatic N) is 2. The quantitative estimate of drug-likeness (QED) is 0.878. The van der Waals surface area contributed by atoms with E-state index in [1.807, 2.05) is 35.2 Å². The zero-order valence-corrected chi connectivity index (χ0v) is 12.0. The number of aliphatic hydroxyl groups excluding tert-OH is 1. The van der Waals surface area contributed by atoms with Gasteiger partial charge in [0.1, 0.15) is 5.56 Å². The Morgan fingerprint density at radius 3 is 2.81 bits per heavy atom. The summed E-state index contributed by atoms with van der Waals surface area (Å²) in [7, 11) is 0. The molecule has 1 saturated heterocycles. The molecule has 0 spiro atoms. The minimum Gasteiger partial charge on any atom is -0.391 e. The lowest BCUT2D eigenvalue weighted by molar-refractivity contribution is 0.101. The first-order chi connectivity index (χ1) is 10.2. The van der Waals surface area contributed by atoms with Gasteiger partial charge in [0.05, 0.1) is 6.10 Å². The van der Waals surface area contributed by atoms with Crippen molar-refractivity contribution in [2.24, 2.45) is 0 Å². The van der Waals surface area contributed by atoms with E-state index in [2.05, 4.69) is 5.16 Å². The maximum absolute atomic E-state index is 12.1. The number of aliphatic hydroxyl groups is 1. The monoisotopic (exact) mass is 286 g/mol. The van der Waals surface area contributed by atoms with Crippen LogP contribution < -0.4 is 4.90 Å². The van der Waals surface area contributed by atoms with Crippen molar-refractivity contribution in [1.29, 1.82) is 0 Å². The number of benzene rings is 1. The van der Waals surface area contributed by atoms with Gasteiger partial charge in [0.15, 0.2) is 17.4 Å². The highest BCUT2D eigenvalue weighted by atomic mass is 16.5. The summed E-state index contributed by atoms with van der Waals surface area (Å²) in [5, 5.41) is 13.9. The molecule has 1 unspecified atom stereocenters. The highest BCUT2D eigenvalue weighted by molar-refractivity contribution is 6.04. The molecule has 0 amide bonds. The zero-order chi connectivity index (χ0) is 14.8. The smallest absolute Gasteiger partial charge is 0.183 e. The van der Waals surface area contributed by atoms with Crippen LogP contribution in [-0.4, -0.2) is 35.2 Å². The second-order valence-electron chi connectivity index (χ2n) is 5.37. The summed E-state index contributed by atoms with van der Waals surface area (Å²) < 4.78 is 5.44. The lowest BCUT2D eigenvalue weighted by Crippen LogP contribution is -2.39. The SMILES string of the molecule is CC(=O)c1c(N2CCCC(O)C2)noc1-c1ccccc1. The van der Waals surface area contributed by atoms with Gasteiger partial charge in [-0.25, -0.2) is 0 Å². The Morgan fingerprint density at radius 2 is 2.14 bits per heavy atom. The molecule has 5 heteroatoms. The summed E-state index contributed by atoms with van der Waals surface area (Å²) in [5.74, 6) is 0.962. The molecule has 1 aliphatic rings. The van der Waals surface area contributed by atoms with E-state index in [1.54, 1.807) is 0 Å². The van der Waals surface area contributed by atoms with Crippen LogP contribution in [0.4, 0.5) is 5.82 Å². The van der Waals surface area contributed by atoms with E-state index in [0.717, 1.165) is 24.9 Å². The third-order valence-electron chi connectivity index (χ3n) is 3.76. The van der Waals surface area contributed by atoms with Crippen LogP contribution in [0.1, 0.15) is 30.1 Å². The standard InChI is InChI=1S/C16H18N2O3/c1-11(19)14-15(12-6-3-2-4-7-12)21-17-16(14)18-9-5-8-13(20)10-18/h2-4,6-7,13,20H,5,8-10H2,1H3. The summed E-state index contributed by atoms with van der Waals surface area (Å²) in [6.45, 7) is 2.78. The molecule has 1 atom stereocenters. The molecule has 0 radical (unpaired) electrons. The highest BCUT2D eigenvalue weighted by Gasteiger charge is 2.28. The van der Waals surface area contributed by atoms with Crippen molar-refractivity contribution < 1.29 is 14.4 Å². The van der Waals surface area contributed by atoms with Gasteiger partial charge in [-0.3, -0.25) is 4.79 Å².